The molecule has 1 aliphatic heterocycles. The van der Waals surface area contributed by atoms with Crippen LogP contribution in [0.15, 0.2) is 10.6 Å². The summed E-state index contributed by atoms with van der Waals surface area (Å²) in [6.45, 7) is 6.44. The SMILES string of the molecule is CC1COCCN1Cc1cc(CNC2CC2)no1. The summed E-state index contributed by atoms with van der Waals surface area (Å²) in [6.07, 6.45) is 2.60. The normalized spacial score (nSPS) is 25.5. The molecule has 1 saturated heterocycles. The molecule has 0 bridgehead atoms. The van der Waals surface area contributed by atoms with E-state index in [1.807, 2.05) is 0 Å². The monoisotopic (exact) mass is 251 g/mol. The van der Waals surface area contributed by atoms with Crippen LogP contribution in [0.5, 0.6) is 0 Å². The highest BCUT2D eigenvalue weighted by Gasteiger charge is 2.22. The molecule has 5 nitrogen and oxygen atoms in total. The Balaban J connectivity index is 1.51. The number of ether oxygens (including phenoxy) is 1. The molecule has 5 heteroatoms. The summed E-state index contributed by atoms with van der Waals surface area (Å²) >= 11 is 0. The molecule has 100 valence electrons. The van der Waals surface area contributed by atoms with Crippen molar-refractivity contribution >= 4 is 0 Å². The Bertz CT molecular complexity index is 389. The van der Waals surface area contributed by atoms with E-state index in [1.54, 1.807) is 0 Å². The van der Waals surface area contributed by atoms with Gasteiger partial charge in [0.25, 0.3) is 0 Å². The second-order valence-corrected chi connectivity index (χ2v) is 5.33. The minimum Gasteiger partial charge on any atom is -0.379 e. The Kier molecular flexibility index (Phi) is 3.63. The molecule has 1 N–H and O–H groups in total. The van der Waals surface area contributed by atoms with Crippen LogP contribution in [0.1, 0.15) is 31.2 Å². The highest BCUT2D eigenvalue weighted by molar-refractivity contribution is 5.06. The Morgan fingerprint density at radius 1 is 1.50 bits per heavy atom. The Morgan fingerprint density at radius 3 is 3.17 bits per heavy atom. The summed E-state index contributed by atoms with van der Waals surface area (Å²) in [6, 6.07) is 3.23. The molecule has 1 aromatic rings. The van der Waals surface area contributed by atoms with Gasteiger partial charge in [-0.25, -0.2) is 0 Å². The third-order valence-corrected chi connectivity index (χ3v) is 3.62. The van der Waals surface area contributed by atoms with Gasteiger partial charge in [-0.05, 0) is 19.8 Å². The fourth-order valence-corrected chi connectivity index (χ4v) is 2.25. The number of rotatable bonds is 5. The topological polar surface area (TPSA) is 50.5 Å². The lowest BCUT2D eigenvalue weighted by atomic mass is 10.2. The van der Waals surface area contributed by atoms with E-state index in [-0.39, 0.29) is 0 Å². The Labute approximate surface area is 107 Å². The molecule has 1 atom stereocenters. The van der Waals surface area contributed by atoms with Gasteiger partial charge in [0.05, 0.1) is 25.5 Å². The smallest absolute Gasteiger partial charge is 0.151 e. The van der Waals surface area contributed by atoms with Gasteiger partial charge in [-0.15, -0.1) is 0 Å². The molecule has 1 aromatic heterocycles. The lowest BCUT2D eigenvalue weighted by Crippen LogP contribution is -2.42. The average Bonchev–Trinajstić information content (AvgIpc) is 3.10. The van der Waals surface area contributed by atoms with Crippen molar-refractivity contribution in [1.82, 2.24) is 15.4 Å². The zero-order valence-electron chi connectivity index (χ0n) is 10.9. The molecule has 0 amide bonds. The first-order valence-electron chi connectivity index (χ1n) is 6.81. The molecule has 2 heterocycles. The van der Waals surface area contributed by atoms with Crippen LogP contribution in [0.25, 0.3) is 0 Å². The van der Waals surface area contributed by atoms with E-state index in [0.29, 0.717) is 12.1 Å². The van der Waals surface area contributed by atoms with Crippen LogP contribution >= 0.6 is 0 Å². The van der Waals surface area contributed by atoms with E-state index in [1.165, 1.54) is 12.8 Å². The van der Waals surface area contributed by atoms with Crippen LogP contribution < -0.4 is 5.32 Å². The molecular formula is C13H21N3O2. The van der Waals surface area contributed by atoms with Gasteiger partial charge in [-0.3, -0.25) is 4.90 Å². The maximum Gasteiger partial charge on any atom is 0.151 e. The molecule has 3 rings (SSSR count). The molecule has 0 aromatic carbocycles. The minimum atomic E-state index is 0.455. The zero-order valence-corrected chi connectivity index (χ0v) is 10.9. The minimum absolute atomic E-state index is 0.455. The van der Waals surface area contributed by atoms with Crippen molar-refractivity contribution in [2.45, 2.75) is 44.9 Å². The highest BCUT2D eigenvalue weighted by Crippen LogP contribution is 2.19. The number of hydrogen-bond donors (Lipinski definition) is 1. The van der Waals surface area contributed by atoms with Crippen LogP contribution in [-0.4, -0.2) is 41.9 Å². The number of nitrogens with one attached hydrogen (secondary N) is 1. The van der Waals surface area contributed by atoms with Crippen molar-refractivity contribution in [2.24, 2.45) is 0 Å². The predicted octanol–water partition coefficient (Wildman–Crippen LogP) is 1.15. The molecule has 1 unspecified atom stereocenters. The van der Waals surface area contributed by atoms with Gasteiger partial charge in [0.15, 0.2) is 5.76 Å². The van der Waals surface area contributed by atoms with Crippen molar-refractivity contribution in [3.05, 3.63) is 17.5 Å². The molecular weight excluding hydrogens is 230 g/mol. The zero-order chi connectivity index (χ0) is 12.4. The molecule has 1 aliphatic carbocycles. The molecule has 0 radical (unpaired) electrons. The van der Waals surface area contributed by atoms with Crippen molar-refractivity contribution in [3.63, 3.8) is 0 Å². The van der Waals surface area contributed by atoms with Gasteiger partial charge in [0, 0.05) is 31.2 Å². The third-order valence-electron chi connectivity index (χ3n) is 3.62. The van der Waals surface area contributed by atoms with Crippen LogP contribution in [0, 0.1) is 0 Å². The van der Waals surface area contributed by atoms with E-state index in [4.69, 9.17) is 9.26 Å². The van der Waals surface area contributed by atoms with Gasteiger partial charge in [0.1, 0.15) is 0 Å². The lowest BCUT2D eigenvalue weighted by molar-refractivity contribution is -0.00779. The first-order chi connectivity index (χ1) is 8.81. The summed E-state index contributed by atoms with van der Waals surface area (Å²) in [5, 5.41) is 7.55. The Hall–Kier alpha value is -0.910. The van der Waals surface area contributed by atoms with Crippen LogP contribution in [0.4, 0.5) is 0 Å². The fraction of sp³-hybridized carbons (Fsp3) is 0.769. The van der Waals surface area contributed by atoms with Gasteiger partial charge in [-0.2, -0.15) is 0 Å². The first-order valence-corrected chi connectivity index (χ1v) is 6.81. The fourth-order valence-electron chi connectivity index (χ4n) is 2.25. The van der Waals surface area contributed by atoms with E-state index in [9.17, 15) is 0 Å². The maximum absolute atomic E-state index is 5.43. The van der Waals surface area contributed by atoms with Gasteiger partial charge >= 0.3 is 0 Å². The summed E-state index contributed by atoms with van der Waals surface area (Å²) in [5.74, 6) is 0.955. The number of hydrogen-bond acceptors (Lipinski definition) is 5. The van der Waals surface area contributed by atoms with Crippen molar-refractivity contribution < 1.29 is 9.26 Å². The van der Waals surface area contributed by atoms with E-state index >= 15 is 0 Å². The summed E-state index contributed by atoms with van der Waals surface area (Å²) in [4.78, 5) is 2.38. The van der Waals surface area contributed by atoms with Gasteiger partial charge in [-0.1, -0.05) is 5.16 Å². The average molecular weight is 251 g/mol. The molecule has 1 saturated carbocycles. The van der Waals surface area contributed by atoms with Crippen molar-refractivity contribution in [3.8, 4) is 0 Å². The maximum atomic E-state index is 5.43. The quantitative estimate of drug-likeness (QED) is 0.850. The van der Waals surface area contributed by atoms with Crippen LogP contribution in [0.3, 0.4) is 0 Å². The molecule has 18 heavy (non-hydrogen) atoms. The van der Waals surface area contributed by atoms with Crippen LogP contribution in [0.2, 0.25) is 0 Å². The van der Waals surface area contributed by atoms with E-state index < -0.39 is 0 Å². The van der Waals surface area contributed by atoms with Crippen molar-refractivity contribution in [1.29, 1.82) is 0 Å². The predicted molar refractivity (Wildman–Crippen MR) is 67.1 cm³/mol. The van der Waals surface area contributed by atoms with Gasteiger partial charge < -0.3 is 14.6 Å². The molecule has 2 fully saturated rings. The standard InChI is InChI=1S/C13H21N3O2/c1-10-9-17-5-4-16(10)8-13-6-12(15-18-13)7-14-11-2-3-11/h6,10-11,14H,2-5,7-9H2,1H3. The second kappa shape index (κ2) is 5.38. The van der Waals surface area contributed by atoms with Gasteiger partial charge in [0.2, 0.25) is 0 Å². The lowest BCUT2D eigenvalue weighted by Gasteiger charge is -2.32. The second-order valence-electron chi connectivity index (χ2n) is 5.33. The molecule has 0 spiro atoms. The number of aromatic nitrogens is 1. The third kappa shape index (κ3) is 3.10. The molecule has 2 aliphatic rings. The highest BCUT2D eigenvalue weighted by atomic mass is 16.5. The van der Waals surface area contributed by atoms with Crippen molar-refractivity contribution in [2.75, 3.05) is 19.8 Å². The summed E-state index contributed by atoms with van der Waals surface area (Å²) in [7, 11) is 0. The summed E-state index contributed by atoms with van der Waals surface area (Å²) in [5.41, 5.74) is 1.01. The largest absolute Gasteiger partial charge is 0.379 e. The number of nitrogens with zero attached hydrogens (tertiary/aromatic N) is 2. The Morgan fingerprint density at radius 2 is 2.39 bits per heavy atom. The summed E-state index contributed by atoms with van der Waals surface area (Å²) < 4.78 is 10.8. The van der Waals surface area contributed by atoms with E-state index in [0.717, 1.165) is 44.3 Å². The first kappa shape index (κ1) is 12.1. The van der Waals surface area contributed by atoms with E-state index in [2.05, 4.69) is 28.4 Å². The van der Waals surface area contributed by atoms with Crippen LogP contribution in [-0.2, 0) is 17.8 Å². The number of morpholine rings is 1.